The Bertz CT molecular complexity index is 503. The molecule has 0 saturated heterocycles. The molecule has 102 valence electrons. The molecule has 19 heavy (non-hydrogen) atoms. The third-order valence-electron chi connectivity index (χ3n) is 3.97. The van der Waals surface area contributed by atoms with Crippen LogP contribution in [0.2, 0.25) is 0 Å². The minimum Gasteiger partial charge on any atom is -0.482 e. The average Bonchev–Trinajstić information content (AvgIpc) is 2.80. The van der Waals surface area contributed by atoms with E-state index < -0.39 is 0 Å². The molecule has 1 aliphatic carbocycles. The number of hydrogen-bond acceptors (Lipinski definition) is 4. The van der Waals surface area contributed by atoms with Crippen molar-refractivity contribution >= 4 is 17.3 Å². The number of ether oxygens (including phenoxy) is 1. The zero-order chi connectivity index (χ0) is 13.4. The molecular weight excluding hydrogens is 242 g/mol. The molecule has 1 aromatic carbocycles. The maximum absolute atomic E-state index is 11.6. The van der Waals surface area contributed by atoms with Crippen LogP contribution < -0.4 is 20.7 Å². The molecule has 1 saturated carbocycles. The zero-order valence-corrected chi connectivity index (χ0v) is 11.1. The van der Waals surface area contributed by atoms with Crippen molar-refractivity contribution in [2.45, 2.75) is 31.3 Å². The van der Waals surface area contributed by atoms with Crippen LogP contribution in [0.4, 0.5) is 11.4 Å². The quantitative estimate of drug-likeness (QED) is 0.843. The van der Waals surface area contributed by atoms with Crippen molar-refractivity contribution in [3.05, 3.63) is 18.2 Å². The molecule has 2 atom stereocenters. The number of fused-ring (bicyclic) bond motifs is 1. The summed E-state index contributed by atoms with van der Waals surface area (Å²) in [5, 5.41) is 3.46. The summed E-state index contributed by atoms with van der Waals surface area (Å²) < 4.78 is 5.41. The number of benzene rings is 1. The van der Waals surface area contributed by atoms with Gasteiger partial charge in [-0.1, -0.05) is 0 Å². The van der Waals surface area contributed by atoms with E-state index in [0.717, 1.165) is 30.0 Å². The highest BCUT2D eigenvalue weighted by atomic mass is 16.5. The molecule has 5 heteroatoms. The second-order valence-corrected chi connectivity index (χ2v) is 5.27. The fourth-order valence-corrected chi connectivity index (χ4v) is 2.74. The third-order valence-corrected chi connectivity index (χ3v) is 3.97. The monoisotopic (exact) mass is 261 g/mol. The lowest BCUT2D eigenvalue weighted by atomic mass is 10.1. The highest BCUT2D eigenvalue weighted by molar-refractivity contribution is 5.97. The van der Waals surface area contributed by atoms with Crippen molar-refractivity contribution in [1.29, 1.82) is 0 Å². The number of likely N-dealkylation sites (N-methyl/N-ethyl adjacent to an activating group) is 1. The zero-order valence-electron chi connectivity index (χ0n) is 11.1. The Morgan fingerprint density at radius 2 is 2.26 bits per heavy atom. The van der Waals surface area contributed by atoms with Gasteiger partial charge in [-0.3, -0.25) is 4.79 Å². The molecule has 0 spiro atoms. The summed E-state index contributed by atoms with van der Waals surface area (Å²) in [7, 11) is 1.77. The summed E-state index contributed by atoms with van der Waals surface area (Å²) in [5.41, 5.74) is 7.87. The molecule has 5 nitrogen and oxygen atoms in total. The van der Waals surface area contributed by atoms with Gasteiger partial charge in [0.2, 0.25) is 0 Å². The molecule has 2 unspecified atom stereocenters. The number of carbonyl (C=O) groups excluding carboxylic acids is 1. The highest BCUT2D eigenvalue weighted by Crippen LogP contribution is 2.34. The third kappa shape index (κ3) is 2.26. The molecule has 1 amide bonds. The lowest BCUT2D eigenvalue weighted by molar-refractivity contribution is -0.120. The van der Waals surface area contributed by atoms with Crippen molar-refractivity contribution in [3.8, 4) is 5.75 Å². The van der Waals surface area contributed by atoms with Crippen LogP contribution >= 0.6 is 0 Å². The Balaban J connectivity index is 1.82. The van der Waals surface area contributed by atoms with Crippen LogP contribution in [-0.2, 0) is 4.79 Å². The largest absolute Gasteiger partial charge is 0.482 e. The molecule has 2 aliphatic rings. The molecule has 0 radical (unpaired) electrons. The average molecular weight is 261 g/mol. The lowest BCUT2D eigenvalue weighted by Gasteiger charge is -2.27. The SMILES string of the molecule is CN1C(=O)COc2ccc(NC3CCCC3N)cc21. The summed E-state index contributed by atoms with van der Waals surface area (Å²) in [4.78, 5) is 13.3. The minimum absolute atomic E-state index is 0.0257. The molecule has 0 aromatic heterocycles. The molecule has 1 aliphatic heterocycles. The Morgan fingerprint density at radius 1 is 1.42 bits per heavy atom. The Morgan fingerprint density at radius 3 is 3.00 bits per heavy atom. The predicted molar refractivity (Wildman–Crippen MR) is 74.6 cm³/mol. The number of nitrogens with zero attached hydrogens (tertiary/aromatic N) is 1. The topological polar surface area (TPSA) is 67.6 Å². The normalized spacial score (nSPS) is 26.0. The maximum Gasteiger partial charge on any atom is 0.264 e. The van der Waals surface area contributed by atoms with Gasteiger partial charge >= 0.3 is 0 Å². The van der Waals surface area contributed by atoms with E-state index in [4.69, 9.17) is 10.5 Å². The van der Waals surface area contributed by atoms with Gasteiger partial charge in [-0.05, 0) is 37.5 Å². The van der Waals surface area contributed by atoms with E-state index in [2.05, 4.69) is 5.32 Å². The van der Waals surface area contributed by atoms with E-state index >= 15 is 0 Å². The first kappa shape index (κ1) is 12.3. The smallest absolute Gasteiger partial charge is 0.264 e. The number of amides is 1. The summed E-state index contributed by atoms with van der Waals surface area (Å²) in [6.07, 6.45) is 3.35. The molecule has 1 fully saturated rings. The van der Waals surface area contributed by atoms with Gasteiger partial charge in [-0.2, -0.15) is 0 Å². The first-order valence-electron chi connectivity index (χ1n) is 6.70. The molecule has 1 aromatic rings. The molecule has 1 heterocycles. The molecule has 3 rings (SSSR count). The second-order valence-electron chi connectivity index (χ2n) is 5.27. The van der Waals surface area contributed by atoms with E-state index in [1.807, 2.05) is 18.2 Å². The Hall–Kier alpha value is -1.75. The van der Waals surface area contributed by atoms with Crippen LogP contribution in [0.15, 0.2) is 18.2 Å². The van der Waals surface area contributed by atoms with Crippen molar-refractivity contribution in [3.63, 3.8) is 0 Å². The van der Waals surface area contributed by atoms with E-state index in [1.165, 1.54) is 6.42 Å². The van der Waals surface area contributed by atoms with Crippen molar-refractivity contribution < 1.29 is 9.53 Å². The number of carbonyl (C=O) groups is 1. The van der Waals surface area contributed by atoms with Crippen molar-refractivity contribution in [1.82, 2.24) is 0 Å². The first-order chi connectivity index (χ1) is 9.15. The maximum atomic E-state index is 11.6. The van der Waals surface area contributed by atoms with Crippen LogP contribution in [0.5, 0.6) is 5.75 Å². The van der Waals surface area contributed by atoms with E-state index in [-0.39, 0.29) is 18.6 Å². The van der Waals surface area contributed by atoms with Crippen LogP contribution in [0.3, 0.4) is 0 Å². The number of nitrogens with one attached hydrogen (secondary N) is 1. The van der Waals surface area contributed by atoms with Gasteiger partial charge in [0.05, 0.1) is 5.69 Å². The van der Waals surface area contributed by atoms with Crippen LogP contribution in [-0.4, -0.2) is 31.6 Å². The van der Waals surface area contributed by atoms with E-state index in [1.54, 1.807) is 11.9 Å². The van der Waals surface area contributed by atoms with Crippen LogP contribution in [0.1, 0.15) is 19.3 Å². The number of anilines is 2. The second kappa shape index (κ2) is 4.74. The highest BCUT2D eigenvalue weighted by Gasteiger charge is 2.25. The fraction of sp³-hybridized carbons (Fsp3) is 0.500. The minimum atomic E-state index is -0.0257. The van der Waals surface area contributed by atoms with Gasteiger partial charge in [0.15, 0.2) is 6.61 Å². The summed E-state index contributed by atoms with van der Waals surface area (Å²) in [6, 6.07) is 6.38. The number of nitrogens with two attached hydrogens (primary N) is 1. The molecular formula is C14H19N3O2. The molecule has 3 N–H and O–H groups in total. The van der Waals surface area contributed by atoms with Gasteiger partial charge < -0.3 is 20.7 Å². The van der Waals surface area contributed by atoms with Gasteiger partial charge in [-0.25, -0.2) is 0 Å². The van der Waals surface area contributed by atoms with Gasteiger partial charge in [0.1, 0.15) is 5.75 Å². The van der Waals surface area contributed by atoms with Gasteiger partial charge in [0.25, 0.3) is 5.91 Å². The fourth-order valence-electron chi connectivity index (χ4n) is 2.74. The standard InChI is InChI=1S/C14H19N3O2/c1-17-12-7-9(16-11-4-2-3-10(11)15)5-6-13(12)19-8-14(17)18/h5-7,10-11,16H,2-4,8,15H2,1H3. The lowest BCUT2D eigenvalue weighted by Crippen LogP contribution is -2.36. The van der Waals surface area contributed by atoms with Crippen LogP contribution in [0, 0.1) is 0 Å². The van der Waals surface area contributed by atoms with Crippen molar-refractivity contribution in [2.24, 2.45) is 5.73 Å². The first-order valence-corrected chi connectivity index (χ1v) is 6.70. The Labute approximate surface area is 112 Å². The predicted octanol–water partition coefficient (Wildman–Crippen LogP) is 1.33. The van der Waals surface area contributed by atoms with E-state index in [9.17, 15) is 4.79 Å². The Kier molecular flexibility index (Phi) is 3.06. The summed E-state index contributed by atoms with van der Waals surface area (Å²) in [6.45, 7) is 0.115. The number of hydrogen-bond donors (Lipinski definition) is 2. The van der Waals surface area contributed by atoms with Gasteiger partial charge in [0, 0.05) is 24.8 Å². The summed E-state index contributed by atoms with van der Waals surface area (Å²) in [5.74, 6) is 0.727. The number of rotatable bonds is 2. The van der Waals surface area contributed by atoms with E-state index in [0.29, 0.717) is 6.04 Å². The van der Waals surface area contributed by atoms with Crippen molar-refractivity contribution in [2.75, 3.05) is 23.9 Å². The van der Waals surface area contributed by atoms with Crippen LogP contribution in [0.25, 0.3) is 0 Å². The summed E-state index contributed by atoms with van der Waals surface area (Å²) >= 11 is 0. The molecule has 0 bridgehead atoms. The van der Waals surface area contributed by atoms with Gasteiger partial charge in [-0.15, -0.1) is 0 Å².